The Balaban J connectivity index is 2.06. The van der Waals surface area contributed by atoms with Crippen LogP contribution in [0.15, 0.2) is 12.1 Å². The van der Waals surface area contributed by atoms with Gasteiger partial charge in [-0.05, 0) is 12.1 Å². The molecule has 1 atom stereocenters. The predicted molar refractivity (Wildman–Crippen MR) is 58.6 cm³/mol. The molecule has 3 rings (SSSR count). The molecule has 0 radical (unpaired) electrons. The molecule has 0 amide bonds. The van der Waals surface area contributed by atoms with Crippen molar-refractivity contribution in [2.75, 3.05) is 27.4 Å². The van der Waals surface area contributed by atoms with Crippen molar-refractivity contribution in [2.24, 2.45) is 0 Å². The van der Waals surface area contributed by atoms with Crippen LogP contribution < -0.4 is 19.7 Å². The first kappa shape index (κ1) is 9.93. The molecule has 0 fully saturated rings. The molecule has 1 aromatic rings. The van der Waals surface area contributed by atoms with Gasteiger partial charge in [0.15, 0.2) is 17.5 Å². The van der Waals surface area contributed by atoms with E-state index in [1.165, 1.54) is 16.0 Å². The first-order valence-electron chi connectivity index (χ1n) is 5.80. The number of hydrogen-bond donors (Lipinski definition) is 2. The van der Waals surface area contributed by atoms with Gasteiger partial charge in [-0.1, -0.05) is 0 Å². The molecule has 4 nitrogen and oxygen atoms in total. The molecule has 0 bridgehead atoms. The van der Waals surface area contributed by atoms with Crippen LogP contribution in [0.5, 0.6) is 11.5 Å². The molecule has 16 heavy (non-hydrogen) atoms. The van der Waals surface area contributed by atoms with Crippen LogP contribution in [0.1, 0.15) is 17.2 Å². The predicted octanol–water partition coefficient (Wildman–Crippen LogP) is -1.32. The van der Waals surface area contributed by atoms with Gasteiger partial charge in [-0.2, -0.15) is 0 Å². The van der Waals surface area contributed by atoms with E-state index < -0.39 is 0 Å². The van der Waals surface area contributed by atoms with E-state index in [2.05, 4.69) is 31.5 Å². The summed E-state index contributed by atoms with van der Waals surface area (Å²) in [5, 5.41) is 2.36. The largest absolute Gasteiger partial charge is 0.454 e. The molecule has 0 saturated carbocycles. The second-order valence-electron chi connectivity index (χ2n) is 4.76. The van der Waals surface area contributed by atoms with E-state index in [1.54, 1.807) is 0 Å². The highest BCUT2D eigenvalue weighted by atomic mass is 16.7. The summed E-state index contributed by atoms with van der Waals surface area (Å²) < 4.78 is 10.9. The highest BCUT2D eigenvalue weighted by Gasteiger charge is 2.30. The molecule has 2 aliphatic rings. The molecular formula is C12H18N2O2+2. The van der Waals surface area contributed by atoms with E-state index in [-0.39, 0.29) is 0 Å². The van der Waals surface area contributed by atoms with Crippen LogP contribution in [-0.2, 0) is 6.54 Å². The van der Waals surface area contributed by atoms with Gasteiger partial charge in [0.05, 0.1) is 14.1 Å². The third kappa shape index (κ3) is 1.45. The standard InChI is InChI=1S/C12H16N2O2/c1-14(2)10-6-13-5-8-3-11-12(4-9(8)10)16-7-15-11/h3-4,10,13H,5-7H2,1-2H3/p+2/t10-/m1/s1. The van der Waals surface area contributed by atoms with Gasteiger partial charge in [0.25, 0.3) is 0 Å². The molecule has 1 aromatic carbocycles. The summed E-state index contributed by atoms with van der Waals surface area (Å²) in [4.78, 5) is 1.47. The summed E-state index contributed by atoms with van der Waals surface area (Å²) in [6.07, 6.45) is 0. The van der Waals surface area contributed by atoms with Crippen molar-refractivity contribution in [1.82, 2.24) is 0 Å². The average molecular weight is 222 g/mol. The Morgan fingerprint density at radius 3 is 2.75 bits per heavy atom. The zero-order chi connectivity index (χ0) is 11.1. The van der Waals surface area contributed by atoms with Crippen molar-refractivity contribution in [3.63, 3.8) is 0 Å². The van der Waals surface area contributed by atoms with Crippen molar-refractivity contribution < 1.29 is 19.7 Å². The molecule has 0 aromatic heterocycles. The lowest BCUT2D eigenvalue weighted by atomic mass is 9.95. The SMILES string of the molecule is C[NH+](C)[C@@H]1C[NH2+]Cc2cc3c(cc21)OCO3. The van der Waals surface area contributed by atoms with Crippen molar-refractivity contribution in [2.45, 2.75) is 12.6 Å². The van der Waals surface area contributed by atoms with E-state index in [1.807, 2.05) is 0 Å². The number of rotatable bonds is 1. The van der Waals surface area contributed by atoms with E-state index in [4.69, 9.17) is 9.47 Å². The maximum Gasteiger partial charge on any atom is 0.231 e. The number of likely N-dealkylation sites (N-methyl/N-ethyl adjacent to an activating group) is 1. The quantitative estimate of drug-likeness (QED) is 0.618. The van der Waals surface area contributed by atoms with Gasteiger partial charge >= 0.3 is 0 Å². The summed E-state index contributed by atoms with van der Waals surface area (Å²) in [6.45, 7) is 2.56. The molecule has 3 N–H and O–H groups in total. The maximum absolute atomic E-state index is 5.45. The number of quaternary nitrogens is 2. The molecule has 0 spiro atoms. The maximum atomic E-state index is 5.45. The van der Waals surface area contributed by atoms with E-state index in [0.29, 0.717) is 12.8 Å². The number of nitrogens with two attached hydrogens (primary N) is 1. The summed E-state index contributed by atoms with van der Waals surface area (Å²) in [7, 11) is 4.41. The van der Waals surface area contributed by atoms with Crippen LogP contribution in [0.2, 0.25) is 0 Å². The number of nitrogens with one attached hydrogen (secondary N) is 1. The first-order valence-corrected chi connectivity index (χ1v) is 5.80. The summed E-state index contributed by atoms with van der Waals surface area (Å²) >= 11 is 0. The fourth-order valence-electron chi connectivity index (χ4n) is 2.58. The van der Waals surface area contributed by atoms with Crippen molar-refractivity contribution in [3.8, 4) is 11.5 Å². The number of benzene rings is 1. The van der Waals surface area contributed by atoms with Crippen LogP contribution in [0.3, 0.4) is 0 Å². The Bertz CT molecular complexity index is 418. The molecule has 2 aliphatic heterocycles. The molecule has 0 saturated heterocycles. The van der Waals surface area contributed by atoms with Crippen molar-refractivity contribution in [3.05, 3.63) is 23.3 Å². The Hall–Kier alpha value is -1.26. The average Bonchev–Trinajstić information content (AvgIpc) is 2.71. The zero-order valence-corrected chi connectivity index (χ0v) is 9.75. The van der Waals surface area contributed by atoms with Crippen LogP contribution in [-0.4, -0.2) is 27.4 Å². The fourth-order valence-corrected chi connectivity index (χ4v) is 2.58. The van der Waals surface area contributed by atoms with E-state index >= 15 is 0 Å². The van der Waals surface area contributed by atoms with Gasteiger partial charge in [-0.3, -0.25) is 0 Å². The summed E-state index contributed by atoms with van der Waals surface area (Å²) in [5.74, 6) is 1.81. The van der Waals surface area contributed by atoms with Gasteiger partial charge in [-0.15, -0.1) is 0 Å². The minimum atomic E-state index is 0.363. The lowest BCUT2D eigenvalue weighted by Crippen LogP contribution is -3.10. The monoisotopic (exact) mass is 222 g/mol. The Morgan fingerprint density at radius 1 is 1.25 bits per heavy atom. The molecule has 0 aliphatic carbocycles. The smallest absolute Gasteiger partial charge is 0.231 e. The van der Waals surface area contributed by atoms with E-state index in [9.17, 15) is 0 Å². The van der Waals surface area contributed by atoms with Gasteiger partial charge < -0.3 is 19.7 Å². The van der Waals surface area contributed by atoms with Gasteiger partial charge in [0.2, 0.25) is 6.79 Å². The molecule has 2 heterocycles. The topological polar surface area (TPSA) is 39.5 Å². The second kappa shape index (κ2) is 3.64. The minimum Gasteiger partial charge on any atom is -0.454 e. The third-order valence-corrected chi connectivity index (χ3v) is 3.47. The van der Waals surface area contributed by atoms with Crippen molar-refractivity contribution >= 4 is 0 Å². The van der Waals surface area contributed by atoms with Crippen LogP contribution >= 0.6 is 0 Å². The Morgan fingerprint density at radius 2 is 2.00 bits per heavy atom. The molecular weight excluding hydrogens is 204 g/mol. The Labute approximate surface area is 95.1 Å². The number of fused-ring (bicyclic) bond motifs is 2. The van der Waals surface area contributed by atoms with Gasteiger partial charge in [-0.25, -0.2) is 0 Å². The number of hydrogen-bond acceptors (Lipinski definition) is 2. The van der Waals surface area contributed by atoms with Crippen LogP contribution in [0, 0.1) is 0 Å². The summed E-state index contributed by atoms with van der Waals surface area (Å²) in [6, 6.07) is 4.87. The highest BCUT2D eigenvalue weighted by molar-refractivity contribution is 5.49. The normalized spacial score (nSPS) is 22.3. The lowest BCUT2D eigenvalue weighted by Gasteiger charge is -2.26. The van der Waals surface area contributed by atoms with Crippen molar-refractivity contribution in [1.29, 1.82) is 0 Å². The highest BCUT2D eigenvalue weighted by Crippen LogP contribution is 2.36. The molecule has 86 valence electrons. The minimum absolute atomic E-state index is 0.363. The fraction of sp³-hybridized carbons (Fsp3) is 0.500. The van der Waals surface area contributed by atoms with Crippen LogP contribution in [0.25, 0.3) is 0 Å². The van der Waals surface area contributed by atoms with Gasteiger partial charge in [0.1, 0.15) is 13.1 Å². The second-order valence-corrected chi connectivity index (χ2v) is 4.76. The zero-order valence-electron chi connectivity index (χ0n) is 9.75. The Kier molecular flexibility index (Phi) is 2.26. The van der Waals surface area contributed by atoms with Crippen LogP contribution in [0.4, 0.5) is 0 Å². The first-order chi connectivity index (χ1) is 7.75. The molecule has 0 unspecified atom stereocenters. The summed E-state index contributed by atoms with van der Waals surface area (Å²) in [5.41, 5.74) is 2.81. The van der Waals surface area contributed by atoms with E-state index in [0.717, 1.165) is 24.6 Å². The van der Waals surface area contributed by atoms with Gasteiger partial charge in [0, 0.05) is 11.1 Å². The third-order valence-electron chi connectivity index (χ3n) is 3.47. The lowest BCUT2D eigenvalue weighted by molar-refractivity contribution is -0.912. The molecule has 4 heteroatoms. The number of ether oxygens (including phenoxy) is 2.